The van der Waals surface area contributed by atoms with Gasteiger partial charge in [0.05, 0.1) is 24.0 Å². The minimum atomic E-state index is 0.418. The van der Waals surface area contributed by atoms with Gasteiger partial charge in [-0.25, -0.2) is 4.98 Å². The molecule has 1 aromatic rings. The lowest BCUT2D eigenvalue weighted by molar-refractivity contribution is 0.300. The third kappa shape index (κ3) is 5.33. The van der Waals surface area contributed by atoms with Crippen LogP contribution in [0.25, 0.3) is 0 Å². The van der Waals surface area contributed by atoms with Gasteiger partial charge in [0.25, 0.3) is 0 Å². The van der Waals surface area contributed by atoms with Crippen LogP contribution in [0.4, 0.5) is 5.82 Å². The molecule has 0 aliphatic carbocycles. The molecule has 0 aliphatic rings. The van der Waals surface area contributed by atoms with E-state index in [2.05, 4.69) is 40.5 Å². The van der Waals surface area contributed by atoms with Crippen LogP contribution in [-0.4, -0.2) is 47.6 Å². The summed E-state index contributed by atoms with van der Waals surface area (Å²) < 4.78 is 0. The van der Waals surface area contributed by atoms with Crippen molar-refractivity contribution in [2.45, 2.75) is 33.1 Å². The van der Waals surface area contributed by atoms with Gasteiger partial charge in [0.1, 0.15) is 5.82 Å². The molecular formula is C14H25ClN4. The summed E-state index contributed by atoms with van der Waals surface area (Å²) in [4.78, 5) is 13.4. The Balaban J connectivity index is 2.48. The van der Waals surface area contributed by atoms with Crippen LogP contribution in [0.15, 0.2) is 12.4 Å². The molecule has 1 rings (SSSR count). The van der Waals surface area contributed by atoms with Crippen LogP contribution in [-0.2, 0) is 5.88 Å². The first-order valence-electron chi connectivity index (χ1n) is 7.09. The van der Waals surface area contributed by atoms with Gasteiger partial charge >= 0.3 is 0 Å². The smallest absolute Gasteiger partial charge is 0.147 e. The van der Waals surface area contributed by atoms with Crippen LogP contribution in [0.2, 0.25) is 0 Å². The number of anilines is 1. The first-order valence-corrected chi connectivity index (χ1v) is 7.62. The topological polar surface area (TPSA) is 32.3 Å². The average Bonchev–Trinajstić information content (AvgIpc) is 2.48. The SMILES string of the molecule is CCN(CC)CCCN(CC)c1cnc(CCl)cn1. The second-order valence-electron chi connectivity index (χ2n) is 4.46. The molecule has 0 unspecified atom stereocenters. The molecule has 0 spiro atoms. The Morgan fingerprint density at radius 2 is 1.74 bits per heavy atom. The van der Waals surface area contributed by atoms with Crippen molar-refractivity contribution in [3.05, 3.63) is 18.1 Å². The molecule has 108 valence electrons. The minimum Gasteiger partial charge on any atom is -0.356 e. The zero-order valence-electron chi connectivity index (χ0n) is 12.3. The fraction of sp³-hybridized carbons (Fsp3) is 0.714. The predicted molar refractivity (Wildman–Crippen MR) is 81.9 cm³/mol. The van der Waals surface area contributed by atoms with Gasteiger partial charge < -0.3 is 9.80 Å². The van der Waals surface area contributed by atoms with Crippen molar-refractivity contribution < 1.29 is 0 Å². The van der Waals surface area contributed by atoms with E-state index >= 15 is 0 Å². The maximum atomic E-state index is 5.72. The standard InChI is InChI=1S/C14H25ClN4/c1-4-18(5-2)8-7-9-19(6-3)14-12-16-13(10-15)11-17-14/h11-12H,4-10H2,1-3H3. The summed E-state index contributed by atoms with van der Waals surface area (Å²) in [6.45, 7) is 11.9. The molecule has 0 saturated carbocycles. The summed E-state index contributed by atoms with van der Waals surface area (Å²) in [5.41, 5.74) is 0.824. The van der Waals surface area contributed by atoms with Crippen molar-refractivity contribution in [3.63, 3.8) is 0 Å². The van der Waals surface area contributed by atoms with Crippen molar-refractivity contribution >= 4 is 17.4 Å². The molecule has 0 bridgehead atoms. The van der Waals surface area contributed by atoms with Crippen LogP contribution < -0.4 is 4.90 Å². The van der Waals surface area contributed by atoms with Gasteiger partial charge in [-0.15, -0.1) is 11.6 Å². The first-order chi connectivity index (χ1) is 9.24. The first kappa shape index (κ1) is 16.2. The van der Waals surface area contributed by atoms with Gasteiger partial charge in [-0.05, 0) is 33.0 Å². The molecule has 0 saturated heterocycles. The van der Waals surface area contributed by atoms with E-state index in [1.54, 1.807) is 6.20 Å². The normalized spacial score (nSPS) is 11.0. The molecule has 0 radical (unpaired) electrons. The Kier molecular flexibility index (Phi) is 7.75. The Labute approximate surface area is 121 Å². The van der Waals surface area contributed by atoms with Crippen molar-refractivity contribution in [2.24, 2.45) is 0 Å². The molecule has 1 aromatic heterocycles. The Morgan fingerprint density at radius 1 is 1.00 bits per heavy atom. The van der Waals surface area contributed by atoms with Gasteiger partial charge in [-0.3, -0.25) is 4.98 Å². The number of halogens is 1. The van der Waals surface area contributed by atoms with Gasteiger partial charge in [0.2, 0.25) is 0 Å². The lowest BCUT2D eigenvalue weighted by Gasteiger charge is -2.24. The van der Waals surface area contributed by atoms with E-state index in [1.165, 1.54) is 0 Å². The summed E-state index contributed by atoms with van der Waals surface area (Å²) >= 11 is 5.72. The van der Waals surface area contributed by atoms with Crippen LogP contribution in [0, 0.1) is 0 Å². The quantitative estimate of drug-likeness (QED) is 0.653. The molecule has 0 aliphatic heterocycles. The molecular weight excluding hydrogens is 260 g/mol. The number of nitrogens with zero attached hydrogens (tertiary/aromatic N) is 4. The van der Waals surface area contributed by atoms with Crippen molar-refractivity contribution in [1.29, 1.82) is 0 Å². The van der Waals surface area contributed by atoms with Crippen LogP contribution >= 0.6 is 11.6 Å². The number of aromatic nitrogens is 2. The zero-order valence-corrected chi connectivity index (χ0v) is 13.0. The lowest BCUT2D eigenvalue weighted by atomic mass is 10.3. The Hall–Kier alpha value is -0.870. The molecule has 4 nitrogen and oxygen atoms in total. The van der Waals surface area contributed by atoms with E-state index < -0.39 is 0 Å². The molecule has 19 heavy (non-hydrogen) atoms. The van der Waals surface area contributed by atoms with Gasteiger partial charge in [-0.1, -0.05) is 13.8 Å². The molecule has 0 fully saturated rings. The fourth-order valence-corrected chi connectivity index (χ4v) is 2.18. The van der Waals surface area contributed by atoms with E-state index in [0.717, 1.165) is 50.7 Å². The highest BCUT2D eigenvalue weighted by atomic mass is 35.5. The van der Waals surface area contributed by atoms with Crippen molar-refractivity contribution in [3.8, 4) is 0 Å². The van der Waals surface area contributed by atoms with E-state index in [-0.39, 0.29) is 0 Å². The highest BCUT2D eigenvalue weighted by Crippen LogP contribution is 2.10. The second-order valence-corrected chi connectivity index (χ2v) is 4.73. The Morgan fingerprint density at radius 3 is 2.21 bits per heavy atom. The predicted octanol–water partition coefficient (Wildman–Crippen LogP) is 2.77. The van der Waals surface area contributed by atoms with E-state index in [4.69, 9.17) is 11.6 Å². The largest absolute Gasteiger partial charge is 0.356 e. The highest BCUT2D eigenvalue weighted by Gasteiger charge is 2.07. The molecule has 0 atom stereocenters. The molecule has 0 aromatic carbocycles. The van der Waals surface area contributed by atoms with Gasteiger partial charge in [-0.2, -0.15) is 0 Å². The second kappa shape index (κ2) is 9.10. The molecule has 0 amide bonds. The molecule has 0 N–H and O–H groups in total. The number of hydrogen-bond acceptors (Lipinski definition) is 4. The maximum Gasteiger partial charge on any atom is 0.147 e. The van der Waals surface area contributed by atoms with Crippen LogP contribution in [0.1, 0.15) is 32.9 Å². The van der Waals surface area contributed by atoms with E-state index in [9.17, 15) is 0 Å². The maximum absolute atomic E-state index is 5.72. The Bertz CT molecular complexity index is 338. The summed E-state index contributed by atoms with van der Waals surface area (Å²) in [6, 6.07) is 0. The summed E-state index contributed by atoms with van der Waals surface area (Å²) in [5, 5.41) is 0. The van der Waals surface area contributed by atoms with Crippen molar-refractivity contribution in [1.82, 2.24) is 14.9 Å². The number of rotatable bonds is 9. The van der Waals surface area contributed by atoms with E-state index in [0.29, 0.717) is 5.88 Å². The van der Waals surface area contributed by atoms with Crippen LogP contribution in [0.5, 0.6) is 0 Å². The van der Waals surface area contributed by atoms with Crippen molar-refractivity contribution in [2.75, 3.05) is 37.6 Å². The lowest BCUT2D eigenvalue weighted by Crippen LogP contribution is -2.30. The summed E-state index contributed by atoms with van der Waals surface area (Å²) in [7, 11) is 0. The minimum absolute atomic E-state index is 0.418. The summed E-state index contributed by atoms with van der Waals surface area (Å²) in [5.74, 6) is 1.36. The molecule has 5 heteroatoms. The average molecular weight is 285 g/mol. The number of hydrogen-bond donors (Lipinski definition) is 0. The number of alkyl halides is 1. The van der Waals surface area contributed by atoms with Gasteiger partial charge in [0, 0.05) is 13.1 Å². The van der Waals surface area contributed by atoms with Crippen LogP contribution in [0.3, 0.4) is 0 Å². The van der Waals surface area contributed by atoms with Gasteiger partial charge in [0.15, 0.2) is 0 Å². The summed E-state index contributed by atoms with van der Waals surface area (Å²) in [6.07, 6.45) is 4.72. The fourth-order valence-electron chi connectivity index (χ4n) is 2.04. The molecule has 1 heterocycles. The monoisotopic (exact) mass is 284 g/mol. The van der Waals surface area contributed by atoms with E-state index in [1.807, 2.05) is 6.20 Å². The third-order valence-electron chi connectivity index (χ3n) is 3.33. The third-order valence-corrected chi connectivity index (χ3v) is 3.60. The zero-order chi connectivity index (χ0) is 14.1. The highest BCUT2D eigenvalue weighted by molar-refractivity contribution is 6.16.